The van der Waals surface area contributed by atoms with Gasteiger partial charge in [-0.05, 0) is 37.6 Å². The molecule has 8 heteroatoms. The quantitative estimate of drug-likeness (QED) is 0.419. The number of carbonyl (C=O) groups is 2. The lowest BCUT2D eigenvalue weighted by atomic mass is 10.1. The van der Waals surface area contributed by atoms with Crippen molar-refractivity contribution in [2.45, 2.75) is 30.0 Å². The molecule has 150 valence electrons. The van der Waals surface area contributed by atoms with Crippen LogP contribution in [0.3, 0.4) is 0 Å². The number of rotatable bonds is 7. The molecule has 1 amide bonds. The van der Waals surface area contributed by atoms with E-state index >= 15 is 0 Å². The molecule has 5 nitrogen and oxygen atoms in total. The van der Waals surface area contributed by atoms with E-state index in [9.17, 15) is 14.0 Å². The number of carbonyl (C=O) groups excluding carboxylic acids is 2. The molecular formula is C21H19FN2O3S2. The second-order valence-electron chi connectivity index (χ2n) is 6.22. The summed E-state index contributed by atoms with van der Waals surface area (Å²) in [6.07, 6.45) is -1.08. The van der Waals surface area contributed by atoms with Crippen LogP contribution < -0.4 is 5.32 Å². The van der Waals surface area contributed by atoms with Crippen molar-refractivity contribution in [2.24, 2.45) is 0 Å². The van der Waals surface area contributed by atoms with Crippen molar-refractivity contribution in [3.05, 3.63) is 76.5 Å². The zero-order valence-electron chi connectivity index (χ0n) is 15.8. The van der Waals surface area contributed by atoms with E-state index in [2.05, 4.69) is 10.3 Å². The minimum absolute atomic E-state index is 0.0379. The Kier molecular flexibility index (Phi) is 7.00. The zero-order valence-corrected chi connectivity index (χ0v) is 17.5. The fourth-order valence-corrected chi connectivity index (χ4v) is 4.31. The van der Waals surface area contributed by atoms with Crippen molar-refractivity contribution in [3.63, 3.8) is 0 Å². The summed E-state index contributed by atoms with van der Waals surface area (Å²) in [6, 6.07) is 12.9. The van der Waals surface area contributed by atoms with Gasteiger partial charge in [0.2, 0.25) is 0 Å². The lowest BCUT2D eigenvalue weighted by Gasteiger charge is -2.15. The van der Waals surface area contributed by atoms with Crippen molar-refractivity contribution < 1.29 is 18.7 Å². The number of thiazole rings is 1. The number of aromatic nitrogens is 1. The summed E-state index contributed by atoms with van der Waals surface area (Å²) in [4.78, 5) is 29.3. The largest absolute Gasteiger partial charge is 0.449 e. The first-order chi connectivity index (χ1) is 13.9. The molecule has 29 heavy (non-hydrogen) atoms. The van der Waals surface area contributed by atoms with Gasteiger partial charge in [0, 0.05) is 16.8 Å². The standard InChI is InChI=1S/C21H19FN2O3S2/c1-13-11-28-21(23-13)29-12-15-7-3-4-8-16(15)20(26)27-14(2)19(25)24-18-10-6-5-9-17(18)22/h3-11,14H,12H2,1-2H3,(H,24,25). The number of esters is 1. The van der Waals surface area contributed by atoms with Crippen LogP contribution >= 0.6 is 23.1 Å². The lowest BCUT2D eigenvalue weighted by molar-refractivity contribution is -0.123. The van der Waals surface area contributed by atoms with Crippen LogP contribution in [0.4, 0.5) is 10.1 Å². The predicted octanol–water partition coefficient (Wildman–Crippen LogP) is 5.07. The fraction of sp³-hybridized carbons (Fsp3) is 0.190. The second kappa shape index (κ2) is 9.67. The van der Waals surface area contributed by atoms with Gasteiger partial charge < -0.3 is 10.1 Å². The highest BCUT2D eigenvalue weighted by molar-refractivity contribution is 8.00. The number of hydrogen-bond donors (Lipinski definition) is 1. The maximum absolute atomic E-state index is 13.7. The number of hydrogen-bond acceptors (Lipinski definition) is 6. The third kappa shape index (κ3) is 5.65. The molecule has 1 atom stereocenters. The Labute approximate surface area is 176 Å². The number of halogens is 1. The molecule has 0 bridgehead atoms. The van der Waals surface area contributed by atoms with Gasteiger partial charge in [-0.15, -0.1) is 11.3 Å². The highest BCUT2D eigenvalue weighted by Gasteiger charge is 2.21. The van der Waals surface area contributed by atoms with Gasteiger partial charge in [-0.25, -0.2) is 14.2 Å². The van der Waals surface area contributed by atoms with E-state index in [1.165, 1.54) is 36.9 Å². The van der Waals surface area contributed by atoms with Crippen LogP contribution in [0.1, 0.15) is 28.5 Å². The molecule has 0 spiro atoms. The summed E-state index contributed by atoms with van der Waals surface area (Å²) in [6.45, 7) is 3.38. The number of thioether (sulfide) groups is 1. The Hall–Kier alpha value is -2.71. The monoisotopic (exact) mass is 430 g/mol. The van der Waals surface area contributed by atoms with Crippen LogP contribution in [0.5, 0.6) is 0 Å². The molecule has 0 radical (unpaired) electrons. The molecule has 0 saturated carbocycles. The number of ether oxygens (including phenoxy) is 1. The molecular weight excluding hydrogens is 411 g/mol. The van der Waals surface area contributed by atoms with E-state index in [1.54, 1.807) is 29.5 Å². The topological polar surface area (TPSA) is 68.3 Å². The number of nitrogens with one attached hydrogen (secondary N) is 1. The van der Waals surface area contributed by atoms with Crippen LogP contribution in [0.25, 0.3) is 0 Å². The van der Waals surface area contributed by atoms with E-state index in [0.717, 1.165) is 15.6 Å². The average Bonchev–Trinajstić information content (AvgIpc) is 3.13. The molecule has 3 aromatic rings. The van der Waals surface area contributed by atoms with Gasteiger partial charge in [0.15, 0.2) is 6.10 Å². The number of amides is 1. The highest BCUT2D eigenvalue weighted by atomic mass is 32.2. The van der Waals surface area contributed by atoms with E-state index in [-0.39, 0.29) is 5.69 Å². The summed E-state index contributed by atoms with van der Waals surface area (Å²) in [5, 5.41) is 4.40. The summed E-state index contributed by atoms with van der Waals surface area (Å²) in [5.74, 6) is -1.21. The Morgan fingerprint density at radius 3 is 2.66 bits per heavy atom. The third-order valence-corrected chi connectivity index (χ3v) is 6.16. The maximum Gasteiger partial charge on any atom is 0.339 e. The maximum atomic E-state index is 13.7. The lowest BCUT2D eigenvalue weighted by Crippen LogP contribution is -2.30. The van der Waals surface area contributed by atoms with Crippen molar-refractivity contribution >= 4 is 40.7 Å². The Bertz CT molecular complexity index is 1020. The summed E-state index contributed by atoms with van der Waals surface area (Å²) >= 11 is 3.08. The van der Waals surface area contributed by atoms with Gasteiger partial charge in [0.05, 0.1) is 11.3 Å². The summed E-state index contributed by atoms with van der Waals surface area (Å²) in [7, 11) is 0. The van der Waals surface area contributed by atoms with Gasteiger partial charge in [0.1, 0.15) is 10.2 Å². The Morgan fingerprint density at radius 1 is 1.21 bits per heavy atom. The van der Waals surface area contributed by atoms with Gasteiger partial charge in [-0.1, -0.05) is 42.1 Å². The van der Waals surface area contributed by atoms with E-state index < -0.39 is 23.8 Å². The Balaban J connectivity index is 1.64. The molecule has 3 rings (SSSR count). The van der Waals surface area contributed by atoms with Crippen LogP contribution in [0.15, 0.2) is 58.3 Å². The van der Waals surface area contributed by atoms with Gasteiger partial charge in [0.25, 0.3) is 5.91 Å². The zero-order chi connectivity index (χ0) is 20.8. The molecule has 0 aliphatic carbocycles. The van der Waals surface area contributed by atoms with Crippen LogP contribution in [-0.4, -0.2) is 23.0 Å². The minimum Gasteiger partial charge on any atom is -0.449 e. The first kappa shape index (κ1) is 21.0. The molecule has 1 N–H and O–H groups in total. The summed E-state index contributed by atoms with van der Waals surface area (Å²) < 4.78 is 19.9. The summed E-state index contributed by atoms with van der Waals surface area (Å²) in [5.41, 5.74) is 2.17. The SMILES string of the molecule is Cc1csc(SCc2ccccc2C(=O)OC(C)C(=O)Nc2ccccc2F)n1. The van der Waals surface area contributed by atoms with Crippen molar-refractivity contribution in [3.8, 4) is 0 Å². The predicted molar refractivity (Wildman–Crippen MR) is 113 cm³/mol. The molecule has 0 saturated heterocycles. The fourth-order valence-electron chi connectivity index (χ4n) is 2.46. The molecule has 1 unspecified atom stereocenters. The smallest absolute Gasteiger partial charge is 0.339 e. The van der Waals surface area contributed by atoms with Gasteiger partial charge in [-0.2, -0.15) is 0 Å². The molecule has 0 fully saturated rings. The molecule has 1 aromatic heterocycles. The normalized spacial score (nSPS) is 11.7. The molecule has 0 aliphatic heterocycles. The average molecular weight is 431 g/mol. The minimum atomic E-state index is -1.08. The number of aryl methyl sites for hydroxylation is 1. The van der Waals surface area contributed by atoms with Gasteiger partial charge in [-0.3, -0.25) is 4.79 Å². The number of para-hydroxylation sites is 1. The third-order valence-electron chi connectivity index (χ3n) is 3.97. The second-order valence-corrected chi connectivity index (χ2v) is 8.30. The highest BCUT2D eigenvalue weighted by Crippen LogP contribution is 2.27. The molecule has 0 aliphatic rings. The van der Waals surface area contributed by atoms with Crippen molar-refractivity contribution in [1.82, 2.24) is 4.98 Å². The number of benzene rings is 2. The number of anilines is 1. The van der Waals surface area contributed by atoms with Crippen LogP contribution in [0, 0.1) is 12.7 Å². The van der Waals surface area contributed by atoms with E-state index in [4.69, 9.17) is 4.74 Å². The van der Waals surface area contributed by atoms with Crippen LogP contribution in [0.2, 0.25) is 0 Å². The van der Waals surface area contributed by atoms with Crippen molar-refractivity contribution in [1.29, 1.82) is 0 Å². The van der Waals surface area contributed by atoms with Crippen LogP contribution in [-0.2, 0) is 15.3 Å². The molecule has 1 heterocycles. The Morgan fingerprint density at radius 2 is 1.93 bits per heavy atom. The van der Waals surface area contributed by atoms with E-state index in [0.29, 0.717) is 11.3 Å². The first-order valence-electron chi connectivity index (χ1n) is 8.83. The van der Waals surface area contributed by atoms with Gasteiger partial charge >= 0.3 is 5.97 Å². The van der Waals surface area contributed by atoms with Crippen molar-refractivity contribution in [2.75, 3.05) is 5.32 Å². The molecule has 2 aromatic carbocycles. The van der Waals surface area contributed by atoms with E-state index in [1.807, 2.05) is 24.4 Å². The number of nitrogens with zero attached hydrogens (tertiary/aromatic N) is 1. The first-order valence-corrected chi connectivity index (χ1v) is 10.7.